The number of rotatable bonds is 6. The van der Waals surface area contributed by atoms with E-state index in [4.69, 9.17) is 4.74 Å². The van der Waals surface area contributed by atoms with E-state index in [1.807, 2.05) is 51.9 Å². The van der Waals surface area contributed by atoms with Crippen molar-refractivity contribution in [3.05, 3.63) is 28.8 Å². The molecule has 1 rings (SSSR count). The molecule has 4 nitrogen and oxygen atoms in total. The Morgan fingerprint density at radius 3 is 2.53 bits per heavy atom. The van der Waals surface area contributed by atoms with E-state index in [0.717, 1.165) is 29.0 Å². The molecule has 0 aliphatic rings. The van der Waals surface area contributed by atoms with Gasteiger partial charge in [0, 0.05) is 18.7 Å². The fourth-order valence-corrected chi connectivity index (χ4v) is 1.83. The molecule has 1 amide bonds. The molecule has 0 bridgehead atoms. The lowest BCUT2D eigenvalue weighted by Crippen LogP contribution is -2.31. The van der Waals surface area contributed by atoms with Gasteiger partial charge in [0.25, 0.3) is 5.91 Å². The van der Waals surface area contributed by atoms with E-state index in [-0.39, 0.29) is 5.91 Å². The third-order valence-electron chi connectivity index (χ3n) is 2.91. The first-order valence-electron chi connectivity index (χ1n) is 6.62. The maximum Gasteiger partial charge on any atom is 0.251 e. The lowest BCUT2D eigenvalue weighted by atomic mass is 10.0. The van der Waals surface area contributed by atoms with Crippen molar-refractivity contribution in [2.24, 2.45) is 0 Å². The maximum atomic E-state index is 12.1. The third-order valence-corrected chi connectivity index (χ3v) is 2.91. The van der Waals surface area contributed by atoms with Gasteiger partial charge in [-0.2, -0.15) is 0 Å². The third kappa shape index (κ3) is 4.56. The number of hydrogen-bond acceptors (Lipinski definition) is 3. The fraction of sp³-hybridized carbons (Fsp3) is 0.533. The molecule has 0 radical (unpaired) electrons. The summed E-state index contributed by atoms with van der Waals surface area (Å²) < 4.78 is 5.53. The van der Waals surface area contributed by atoms with Crippen LogP contribution in [-0.4, -0.2) is 44.6 Å². The summed E-state index contributed by atoms with van der Waals surface area (Å²) >= 11 is 0. The maximum absolute atomic E-state index is 12.1. The zero-order chi connectivity index (χ0) is 14.4. The lowest BCUT2D eigenvalue weighted by Gasteiger charge is -2.14. The van der Waals surface area contributed by atoms with Crippen LogP contribution in [0.25, 0.3) is 0 Å². The van der Waals surface area contributed by atoms with Crippen LogP contribution >= 0.6 is 0 Å². The van der Waals surface area contributed by atoms with Gasteiger partial charge < -0.3 is 15.0 Å². The highest BCUT2D eigenvalue weighted by Crippen LogP contribution is 2.22. The van der Waals surface area contributed by atoms with Gasteiger partial charge in [-0.3, -0.25) is 4.79 Å². The van der Waals surface area contributed by atoms with Crippen LogP contribution in [0.2, 0.25) is 0 Å². The van der Waals surface area contributed by atoms with Crippen LogP contribution in [0.15, 0.2) is 12.1 Å². The summed E-state index contributed by atoms with van der Waals surface area (Å²) in [5.74, 6) is 0.829. The Hall–Kier alpha value is -1.55. The average Bonchev–Trinajstić information content (AvgIpc) is 2.33. The van der Waals surface area contributed by atoms with E-state index in [1.54, 1.807) is 0 Å². The van der Waals surface area contributed by atoms with Crippen LogP contribution in [0.5, 0.6) is 5.75 Å². The van der Waals surface area contributed by atoms with Crippen LogP contribution in [0.1, 0.15) is 28.4 Å². The van der Waals surface area contributed by atoms with Crippen LogP contribution in [-0.2, 0) is 0 Å². The molecule has 19 heavy (non-hydrogen) atoms. The molecule has 0 spiro atoms. The topological polar surface area (TPSA) is 41.6 Å². The first kappa shape index (κ1) is 15.5. The smallest absolute Gasteiger partial charge is 0.251 e. The zero-order valence-corrected chi connectivity index (χ0v) is 12.5. The molecule has 0 aliphatic carbocycles. The summed E-state index contributed by atoms with van der Waals surface area (Å²) in [5.41, 5.74) is 2.65. The van der Waals surface area contributed by atoms with E-state index in [9.17, 15) is 4.79 Å². The fourth-order valence-electron chi connectivity index (χ4n) is 1.83. The Kier molecular flexibility index (Phi) is 5.83. The predicted octanol–water partition coefficient (Wildman–Crippen LogP) is 1.99. The Morgan fingerprint density at radius 2 is 1.95 bits per heavy atom. The van der Waals surface area contributed by atoms with Crippen molar-refractivity contribution in [3.8, 4) is 5.75 Å². The van der Waals surface area contributed by atoms with Gasteiger partial charge >= 0.3 is 0 Å². The van der Waals surface area contributed by atoms with Gasteiger partial charge in [-0.15, -0.1) is 0 Å². The SMILES string of the molecule is CCOc1cc(C)c(C(=O)NCCN(C)C)cc1C. The number of benzene rings is 1. The minimum absolute atomic E-state index is 0.0227. The van der Waals surface area contributed by atoms with E-state index < -0.39 is 0 Å². The van der Waals surface area contributed by atoms with Gasteiger partial charge in [0.2, 0.25) is 0 Å². The number of carbonyl (C=O) groups excluding carboxylic acids is 1. The summed E-state index contributed by atoms with van der Waals surface area (Å²) in [6.07, 6.45) is 0. The Morgan fingerprint density at radius 1 is 1.26 bits per heavy atom. The molecule has 0 saturated heterocycles. The van der Waals surface area contributed by atoms with E-state index >= 15 is 0 Å². The van der Waals surface area contributed by atoms with Gasteiger partial charge in [-0.05, 0) is 58.1 Å². The van der Waals surface area contributed by atoms with Crippen molar-refractivity contribution >= 4 is 5.91 Å². The van der Waals surface area contributed by atoms with Crippen molar-refractivity contribution < 1.29 is 9.53 Å². The number of hydrogen-bond donors (Lipinski definition) is 1. The lowest BCUT2D eigenvalue weighted by molar-refractivity contribution is 0.0950. The van der Waals surface area contributed by atoms with E-state index in [2.05, 4.69) is 5.32 Å². The van der Waals surface area contributed by atoms with Gasteiger partial charge in [0.05, 0.1) is 6.61 Å². The second kappa shape index (κ2) is 7.14. The van der Waals surface area contributed by atoms with Crippen molar-refractivity contribution in [2.75, 3.05) is 33.8 Å². The van der Waals surface area contributed by atoms with Crippen molar-refractivity contribution in [3.63, 3.8) is 0 Å². The van der Waals surface area contributed by atoms with Crippen LogP contribution in [0, 0.1) is 13.8 Å². The molecule has 0 heterocycles. The average molecular weight is 264 g/mol. The molecule has 1 aromatic carbocycles. The second-order valence-electron chi connectivity index (χ2n) is 4.92. The van der Waals surface area contributed by atoms with Gasteiger partial charge in [-0.1, -0.05) is 0 Å². The normalized spacial score (nSPS) is 10.6. The number of ether oxygens (including phenoxy) is 1. The summed E-state index contributed by atoms with van der Waals surface area (Å²) in [6, 6.07) is 3.82. The largest absolute Gasteiger partial charge is 0.494 e. The highest BCUT2D eigenvalue weighted by atomic mass is 16.5. The molecule has 0 aliphatic heterocycles. The number of nitrogens with one attached hydrogen (secondary N) is 1. The van der Waals surface area contributed by atoms with Crippen molar-refractivity contribution in [1.82, 2.24) is 10.2 Å². The molecule has 0 saturated carbocycles. The minimum atomic E-state index is -0.0227. The molecule has 0 fully saturated rings. The Balaban J connectivity index is 2.77. The van der Waals surface area contributed by atoms with Crippen molar-refractivity contribution in [2.45, 2.75) is 20.8 Å². The molecule has 0 atom stereocenters. The molecule has 0 aromatic heterocycles. The highest BCUT2D eigenvalue weighted by Gasteiger charge is 2.11. The number of aryl methyl sites for hydroxylation is 2. The number of nitrogens with zero attached hydrogens (tertiary/aromatic N) is 1. The minimum Gasteiger partial charge on any atom is -0.494 e. The first-order valence-corrected chi connectivity index (χ1v) is 6.62. The molecule has 0 unspecified atom stereocenters. The molecular formula is C15H24N2O2. The van der Waals surface area contributed by atoms with E-state index in [1.165, 1.54) is 0 Å². The van der Waals surface area contributed by atoms with Crippen LogP contribution in [0.4, 0.5) is 0 Å². The highest BCUT2D eigenvalue weighted by molar-refractivity contribution is 5.96. The van der Waals surface area contributed by atoms with E-state index in [0.29, 0.717) is 13.2 Å². The zero-order valence-electron chi connectivity index (χ0n) is 12.5. The number of amides is 1. The molecule has 4 heteroatoms. The van der Waals surface area contributed by atoms with Gasteiger partial charge in [0.1, 0.15) is 5.75 Å². The first-order chi connectivity index (χ1) is 8.95. The van der Waals surface area contributed by atoms with Crippen LogP contribution < -0.4 is 10.1 Å². The molecule has 1 aromatic rings. The quantitative estimate of drug-likeness (QED) is 0.854. The summed E-state index contributed by atoms with van der Waals surface area (Å²) in [7, 11) is 3.97. The van der Waals surface area contributed by atoms with Crippen molar-refractivity contribution in [1.29, 1.82) is 0 Å². The van der Waals surface area contributed by atoms with Gasteiger partial charge in [-0.25, -0.2) is 0 Å². The van der Waals surface area contributed by atoms with Gasteiger partial charge in [0.15, 0.2) is 0 Å². The number of likely N-dealkylation sites (N-methyl/N-ethyl adjacent to an activating group) is 1. The standard InChI is InChI=1S/C15H24N2O2/c1-6-19-14-10-11(2)13(9-12(14)3)15(18)16-7-8-17(4)5/h9-10H,6-8H2,1-5H3,(H,16,18). The summed E-state index contributed by atoms with van der Waals surface area (Å²) in [5, 5.41) is 2.93. The summed E-state index contributed by atoms with van der Waals surface area (Å²) in [6.45, 7) is 7.97. The summed E-state index contributed by atoms with van der Waals surface area (Å²) in [4.78, 5) is 14.1. The van der Waals surface area contributed by atoms with Crippen LogP contribution in [0.3, 0.4) is 0 Å². The predicted molar refractivity (Wildman–Crippen MR) is 78.0 cm³/mol. The molecule has 1 N–H and O–H groups in total. The Labute approximate surface area is 115 Å². The molecular weight excluding hydrogens is 240 g/mol. The Bertz CT molecular complexity index is 442. The second-order valence-corrected chi connectivity index (χ2v) is 4.92. The monoisotopic (exact) mass is 264 g/mol. The molecule has 106 valence electrons. The number of carbonyl (C=O) groups is 1.